The minimum absolute atomic E-state index is 0.0443. The maximum absolute atomic E-state index is 13.7. The number of benzene rings is 3. The number of hydrogen-bond donors (Lipinski definition) is 2. The van der Waals surface area contributed by atoms with Crippen LogP contribution in [0.25, 0.3) is 5.69 Å². The molecule has 3 amide bonds. The molecule has 0 radical (unpaired) electrons. The van der Waals surface area contributed by atoms with Crippen molar-refractivity contribution in [3.8, 4) is 11.4 Å². The van der Waals surface area contributed by atoms with Crippen molar-refractivity contribution in [1.29, 1.82) is 0 Å². The van der Waals surface area contributed by atoms with Crippen LogP contribution in [-0.4, -0.2) is 44.9 Å². The van der Waals surface area contributed by atoms with Gasteiger partial charge in [-0.1, -0.05) is 41.9 Å². The van der Waals surface area contributed by atoms with Crippen molar-refractivity contribution < 1.29 is 19.1 Å². The summed E-state index contributed by atoms with van der Waals surface area (Å²) in [5.41, 5.74) is 7.00. The molecular formula is C29H25BrClN5O5. The van der Waals surface area contributed by atoms with Gasteiger partial charge < -0.3 is 20.7 Å². The molecule has 12 heteroatoms. The van der Waals surface area contributed by atoms with Gasteiger partial charge >= 0.3 is 5.69 Å². The Morgan fingerprint density at radius 3 is 2.41 bits per heavy atom. The molecule has 0 bridgehead atoms. The van der Waals surface area contributed by atoms with Crippen LogP contribution in [0.15, 0.2) is 82.1 Å². The van der Waals surface area contributed by atoms with Crippen molar-refractivity contribution in [3.05, 3.63) is 115 Å². The second kappa shape index (κ2) is 12.0. The number of fused-ring (bicyclic) bond motifs is 1. The Kier molecular flexibility index (Phi) is 8.27. The van der Waals surface area contributed by atoms with E-state index in [9.17, 15) is 19.2 Å². The number of imidazole rings is 1. The van der Waals surface area contributed by atoms with Gasteiger partial charge in [0.15, 0.2) is 6.61 Å². The number of carbonyl (C=O) groups excluding carboxylic acids is 3. The molecule has 0 aliphatic carbocycles. The lowest BCUT2D eigenvalue weighted by molar-refractivity contribution is -0.119. The van der Waals surface area contributed by atoms with Gasteiger partial charge in [-0.2, -0.15) is 0 Å². The molecule has 210 valence electrons. The minimum atomic E-state index is -0.618. The van der Waals surface area contributed by atoms with Gasteiger partial charge in [-0.15, -0.1) is 0 Å². The number of amides is 3. The summed E-state index contributed by atoms with van der Waals surface area (Å²) in [6.07, 6.45) is 0. The van der Waals surface area contributed by atoms with Crippen LogP contribution >= 0.6 is 27.5 Å². The third-order valence-electron chi connectivity index (χ3n) is 6.62. The van der Waals surface area contributed by atoms with Crippen molar-refractivity contribution in [2.75, 3.05) is 13.2 Å². The summed E-state index contributed by atoms with van der Waals surface area (Å²) in [4.78, 5) is 53.4. The van der Waals surface area contributed by atoms with E-state index < -0.39 is 17.5 Å². The van der Waals surface area contributed by atoms with E-state index in [4.69, 9.17) is 22.1 Å². The van der Waals surface area contributed by atoms with Gasteiger partial charge in [-0.25, -0.2) is 4.79 Å². The molecule has 41 heavy (non-hydrogen) atoms. The van der Waals surface area contributed by atoms with Crippen LogP contribution in [0.3, 0.4) is 0 Å². The van der Waals surface area contributed by atoms with Crippen LogP contribution < -0.4 is 21.5 Å². The van der Waals surface area contributed by atoms with Crippen molar-refractivity contribution in [1.82, 2.24) is 19.4 Å². The van der Waals surface area contributed by atoms with Gasteiger partial charge in [-0.05, 0) is 64.0 Å². The molecular weight excluding hydrogens is 614 g/mol. The number of nitrogens with one attached hydrogen (secondary N) is 1. The summed E-state index contributed by atoms with van der Waals surface area (Å²) in [6, 6.07) is 20.7. The highest BCUT2D eigenvalue weighted by Gasteiger charge is 2.32. The Morgan fingerprint density at radius 2 is 1.73 bits per heavy atom. The molecule has 0 saturated heterocycles. The van der Waals surface area contributed by atoms with Crippen LogP contribution in [0.5, 0.6) is 5.75 Å². The quantitative estimate of drug-likeness (QED) is 0.305. The number of carbonyl (C=O) groups is 3. The lowest BCUT2D eigenvalue weighted by Gasteiger charge is -2.28. The van der Waals surface area contributed by atoms with E-state index >= 15 is 0 Å². The first-order valence-corrected chi connectivity index (χ1v) is 13.8. The highest BCUT2D eigenvalue weighted by Crippen LogP contribution is 2.26. The Bertz CT molecular complexity index is 1680. The number of aromatic nitrogens is 2. The minimum Gasteiger partial charge on any atom is -0.484 e. The second-order valence-electron chi connectivity index (χ2n) is 9.34. The zero-order valence-corrected chi connectivity index (χ0v) is 24.0. The van der Waals surface area contributed by atoms with Gasteiger partial charge in [0.05, 0.1) is 22.9 Å². The fourth-order valence-electron chi connectivity index (χ4n) is 4.63. The molecule has 1 aliphatic heterocycles. The lowest BCUT2D eigenvalue weighted by atomic mass is 10.1. The predicted octanol–water partition coefficient (Wildman–Crippen LogP) is 3.51. The molecule has 0 atom stereocenters. The lowest BCUT2D eigenvalue weighted by Crippen LogP contribution is -2.41. The van der Waals surface area contributed by atoms with Crippen LogP contribution in [-0.2, 0) is 24.4 Å². The van der Waals surface area contributed by atoms with E-state index in [2.05, 4.69) is 21.2 Å². The zero-order valence-electron chi connectivity index (χ0n) is 21.7. The molecule has 0 saturated carbocycles. The first kappa shape index (κ1) is 28.2. The first-order valence-electron chi connectivity index (χ1n) is 12.7. The number of nitrogens with zero attached hydrogens (tertiary/aromatic N) is 3. The maximum Gasteiger partial charge on any atom is 0.333 e. The number of ether oxygens (including phenoxy) is 1. The topological polar surface area (TPSA) is 129 Å². The zero-order chi connectivity index (χ0) is 29.1. The maximum atomic E-state index is 13.7. The molecule has 3 aromatic carbocycles. The van der Waals surface area contributed by atoms with Gasteiger partial charge in [0.25, 0.3) is 17.7 Å². The van der Waals surface area contributed by atoms with Crippen molar-refractivity contribution >= 4 is 45.3 Å². The normalized spacial score (nSPS) is 12.5. The monoisotopic (exact) mass is 637 g/mol. The average Bonchev–Trinajstić information content (AvgIpc) is 3.28. The third-order valence-corrected chi connectivity index (χ3v) is 7.85. The highest BCUT2D eigenvalue weighted by atomic mass is 79.9. The van der Waals surface area contributed by atoms with Crippen LogP contribution in [0.4, 0.5) is 0 Å². The van der Waals surface area contributed by atoms with E-state index in [-0.39, 0.29) is 44.4 Å². The molecule has 1 aromatic heterocycles. The molecule has 0 fully saturated rings. The van der Waals surface area contributed by atoms with Gasteiger partial charge in [0, 0.05) is 29.7 Å². The average molecular weight is 639 g/mol. The number of hydrogen-bond acceptors (Lipinski definition) is 5. The molecule has 5 rings (SSSR count). The molecule has 4 aromatic rings. The summed E-state index contributed by atoms with van der Waals surface area (Å²) >= 11 is 9.55. The van der Waals surface area contributed by atoms with E-state index in [1.54, 1.807) is 47.4 Å². The van der Waals surface area contributed by atoms with E-state index in [1.165, 1.54) is 9.13 Å². The first-order chi connectivity index (χ1) is 19.7. The highest BCUT2D eigenvalue weighted by molar-refractivity contribution is 9.10. The van der Waals surface area contributed by atoms with Gasteiger partial charge in [0.1, 0.15) is 11.4 Å². The van der Waals surface area contributed by atoms with Crippen molar-refractivity contribution in [2.24, 2.45) is 5.73 Å². The van der Waals surface area contributed by atoms with E-state index in [0.29, 0.717) is 32.2 Å². The molecule has 2 heterocycles. The molecule has 10 nitrogen and oxygen atoms in total. The number of nitrogens with two attached hydrogens (primary N) is 1. The van der Waals surface area contributed by atoms with Gasteiger partial charge in [0.2, 0.25) is 0 Å². The number of primary amides is 1. The molecule has 3 N–H and O–H groups in total. The van der Waals surface area contributed by atoms with Crippen LogP contribution in [0, 0.1) is 0 Å². The summed E-state index contributed by atoms with van der Waals surface area (Å²) in [7, 11) is 0. The number of rotatable bonds is 8. The van der Waals surface area contributed by atoms with E-state index in [1.807, 2.05) is 30.3 Å². The fourth-order valence-corrected chi connectivity index (χ4v) is 5.05. The standard InChI is InChI=1S/C29H25BrClN5O5/c30-22-11-6-19(14-23(22)31)28(39)34-12-13-35-24(16-34)26(27(38)33-15-18-4-2-1-3-5-18)36(29(35)40)20-7-9-21(10-8-20)41-17-25(32)37/h1-11,14H,12-13,15-17H2,(H2,32,37)(H,33,38). The Hall–Kier alpha value is -4.35. The molecule has 1 aliphatic rings. The summed E-state index contributed by atoms with van der Waals surface area (Å²) < 4.78 is 8.85. The molecule has 0 spiro atoms. The predicted molar refractivity (Wildman–Crippen MR) is 156 cm³/mol. The summed E-state index contributed by atoms with van der Waals surface area (Å²) in [6.45, 7) is 0.478. The third kappa shape index (κ3) is 6.06. The number of halogens is 2. The van der Waals surface area contributed by atoms with Crippen LogP contribution in [0.2, 0.25) is 5.02 Å². The van der Waals surface area contributed by atoms with Crippen molar-refractivity contribution in [3.63, 3.8) is 0 Å². The second-order valence-corrected chi connectivity index (χ2v) is 10.6. The Balaban J connectivity index is 1.51. The van der Waals surface area contributed by atoms with Crippen molar-refractivity contribution in [2.45, 2.75) is 19.6 Å². The molecule has 0 unspecified atom stereocenters. The fraction of sp³-hybridized carbons (Fsp3) is 0.172. The van der Waals surface area contributed by atoms with Crippen LogP contribution in [0.1, 0.15) is 32.1 Å². The smallest absolute Gasteiger partial charge is 0.333 e. The largest absolute Gasteiger partial charge is 0.484 e. The Labute approximate surface area is 248 Å². The van der Waals surface area contributed by atoms with E-state index in [0.717, 1.165) is 5.56 Å². The SMILES string of the molecule is NC(=O)COc1ccc(-n2c(C(=O)NCc3ccccc3)c3n(c2=O)CCN(C(=O)c2ccc(Br)c(Cl)c2)C3)cc1. The summed E-state index contributed by atoms with van der Waals surface area (Å²) in [5, 5.41) is 3.31. The summed E-state index contributed by atoms with van der Waals surface area (Å²) in [5.74, 6) is -0.968. The van der Waals surface area contributed by atoms with Gasteiger partial charge in [-0.3, -0.25) is 23.5 Å². The Morgan fingerprint density at radius 1 is 1.00 bits per heavy atom.